The third-order valence-corrected chi connectivity index (χ3v) is 6.51. The van der Waals surface area contributed by atoms with Crippen LogP contribution in [0.4, 0.5) is 17.6 Å². The topological polar surface area (TPSA) is 44.7 Å². The van der Waals surface area contributed by atoms with E-state index in [1.807, 2.05) is 0 Å². The highest BCUT2D eigenvalue weighted by atomic mass is 35.5. The molecule has 0 saturated carbocycles. The maximum atomic E-state index is 15.2. The highest BCUT2D eigenvalue weighted by Crippen LogP contribution is 2.46. The second-order valence-corrected chi connectivity index (χ2v) is 9.67. The number of hydrazone groups is 1. The Labute approximate surface area is 198 Å². The highest BCUT2D eigenvalue weighted by molar-refractivity contribution is 6.34. The van der Waals surface area contributed by atoms with E-state index in [1.165, 1.54) is 35.2 Å². The largest absolute Gasteiger partial charge is 0.417 e. The lowest BCUT2D eigenvalue weighted by molar-refractivity contribution is -0.196. The zero-order chi connectivity index (χ0) is 24.2. The maximum Gasteiger partial charge on any atom is 0.417 e. The van der Waals surface area contributed by atoms with Crippen molar-refractivity contribution >= 4 is 34.8 Å². The molecule has 0 aromatic heterocycles. The van der Waals surface area contributed by atoms with E-state index in [1.54, 1.807) is 26.0 Å². The molecular formula is C23H21Cl2F4N3O. The standard InChI is InChI=1S/C23H21Cl2F4N3O/c1-13(2)20(33)32-11-21(26,12-32)15-5-3-14(4-6-15)19-10-22(31-30-19,23(27,28)29)16-7-17(24)9-18(25)8-16/h3-9,13,31H,10-12H2,1-2H3. The van der Waals surface area contributed by atoms with Gasteiger partial charge in [0.1, 0.15) is 0 Å². The summed E-state index contributed by atoms with van der Waals surface area (Å²) < 4.78 is 57.7. The van der Waals surface area contributed by atoms with E-state index in [0.29, 0.717) is 11.1 Å². The molecule has 1 fully saturated rings. The molecule has 1 unspecified atom stereocenters. The normalized spacial score (nSPS) is 22.1. The molecule has 176 valence electrons. The van der Waals surface area contributed by atoms with Gasteiger partial charge in [-0.05, 0) is 34.9 Å². The van der Waals surface area contributed by atoms with Gasteiger partial charge < -0.3 is 4.90 Å². The van der Waals surface area contributed by atoms with Crippen LogP contribution in [-0.4, -0.2) is 35.8 Å². The molecule has 1 N–H and O–H groups in total. The average molecular weight is 502 g/mol. The molecular weight excluding hydrogens is 481 g/mol. The quantitative estimate of drug-likeness (QED) is 0.537. The van der Waals surface area contributed by atoms with Gasteiger partial charge in [-0.15, -0.1) is 0 Å². The van der Waals surface area contributed by atoms with Gasteiger partial charge in [0, 0.05) is 22.4 Å². The number of hydrogen-bond acceptors (Lipinski definition) is 3. The van der Waals surface area contributed by atoms with Crippen molar-refractivity contribution in [2.45, 2.75) is 37.7 Å². The van der Waals surface area contributed by atoms with Gasteiger partial charge in [-0.25, -0.2) is 4.39 Å². The summed E-state index contributed by atoms with van der Waals surface area (Å²) in [4.78, 5) is 13.5. The smallest absolute Gasteiger partial charge is 0.335 e. The number of carbonyl (C=O) groups excluding carboxylic acids is 1. The molecule has 0 bridgehead atoms. The van der Waals surface area contributed by atoms with E-state index in [4.69, 9.17) is 23.2 Å². The Morgan fingerprint density at radius 3 is 2.15 bits per heavy atom. The van der Waals surface area contributed by atoms with Crippen molar-refractivity contribution < 1.29 is 22.4 Å². The summed E-state index contributed by atoms with van der Waals surface area (Å²) in [5, 5.41) is 4.12. The zero-order valence-electron chi connectivity index (χ0n) is 17.8. The molecule has 33 heavy (non-hydrogen) atoms. The van der Waals surface area contributed by atoms with Crippen LogP contribution in [0.25, 0.3) is 0 Å². The van der Waals surface area contributed by atoms with E-state index in [2.05, 4.69) is 10.5 Å². The van der Waals surface area contributed by atoms with Crippen LogP contribution in [0.2, 0.25) is 10.0 Å². The molecule has 0 spiro atoms. The Morgan fingerprint density at radius 1 is 1.06 bits per heavy atom. The van der Waals surface area contributed by atoms with Gasteiger partial charge in [-0.1, -0.05) is 61.3 Å². The number of amides is 1. The van der Waals surface area contributed by atoms with Gasteiger partial charge in [-0.3, -0.25) is 10.2 Å². The maximum absolute atomic E-state index is 15.2. The van der Waals surface area contributed by atoms with Crippen LogP contribution in [0.5, 0.6) is 0 Å². The van der Waals surface area contributed by atoms with Gasteiger partial charge >= 0.3 is 6.18 Å². The minimum atomic E-state index is -4.69. The van der Waals surface area contributed by atoms with Crippen molar-refractivity contribution in [3.05, 3.63) is 69.2 Å². The first-order valence-electron chi connectivity index (χ1n) is 10.3. The number of nitrogens with zero attached hydrogens (tertiary/aromatic N) is 2. The van der Waals surface area contributed by atoms with Gasteiger partial charge in [0.25, 0.3) is 0 Å². The van der Waals surface area contributed by atoms with Crippen LogP contribution >= 0.6 is 23.2 Å². The zero-order valence-corrected chi connectivity index (χ0v) is 19.3. The molecule has 0 radical (unpaired) electrons. The van der Waals surface area contributed by atoms with Gasteiger partial charge in [-0.2, -0.15) is 18.3 Å². The first-order valence-corrected chi connectivity index (χ1v) is 11.1. The molecule has 1 atom stereocenters. The van der Waals surface area contributed by atoms with Crippen molar-refractivity contribution in [3.63, 3.8) is 0 Å². The summed E-state index contributed by atoms with van der Waals surface area (Å²) >= 11 is 11.9. The Hall–Kier alpha value is -2.32. The van der Waals surface area contributed by atoms with Crippen molar-refractivity contribution in [1.29, 1.82) is 0 Å². The fraction of sp³-hybridized carbons (Fsp3) is 0.391. The highest BCUT2D eigenvalue weighted by Gasteiger charge is 2.59. The lowest BCUT2D eigenvalue weighted by Crippen LogP contribution is -2.59. The molecule has 1 saturated heterocycles. The molecule has 1 amide bonds. The Balaban J connectivity index is 1.55. The van der Waals surface area contributed by atoms with Crippen LogP contribution in [0, 0.1) is 5.92 Å². The molecule has 2 aliphatic heterocycles. The molecule has 4 nitrogen and oxygen atoms in total. The van der Waals surface area contributed by atoms with Crippen LogP contribution in [-0.2, 0) is 16.0 Å². The van der Waals surface area contributed by atoms with Crippen LogP contribution in [0.15, 0.2) is 47.6 Å². The first kappa shape index (κ1) is 23.8. The number of likely N-dealkylation sites (tertiary alicyclic amines) is 1. The predicted octanol–water partition coefficient (Wildman–Crippen LogP) is 5.81. The van der Waals surface area contributed by atoms with E-state index in [-0.39, 0.29) is 46.2 Å². The number of nitrogens with one attached hydrogen (secondary N) is 1. The van der Waals surface area contributed by atoms with Crippen LogP contribution in [0.1, 0.15) is 37.0 Å². The van der Waals surface area contributed by atoms with E-state index < -0.39 is 23.8 Å². The number of rotatable bonds is 4. The number of carbonyl (C=O) groups is 1. The second kappa shape index (κ2) is 8.17. The van der Waals surface area contributed by atoms with Gasteiger partial charge in [0.2, 0.25) is 5.91 Å². The molecule has 2 aromatic rings. The predicted molar refractivity (Wildman–Crippen MR) is 119 cm³/mol. The number of halogens is 6. The third-order valence-electron chi connectivity index (χ3n) is 6.08. The number of alkyl halides is 4. The minimum absolute atomic E-state index is 0.0431. The molecule has 10 heteroatoms. The summed E-state index contributed by atoms with van der Waals surface area (Å²) in [7, 11) is 0. The summed E-state index contributed by atoms with van der Waals surface area (Å²) in [6, 6.07) is 9.92. The molecule has 4 rings (SSSR count). The summed E-state index contributed by atoms with van der Waals surface area (Å²) in [5.41, 5.74) is -1.07. The van der Waals surface area contributed by atoms with Gasteiger partial charge in [0.15, 0.2) is 11.2 Å². The average Bonchev–Trinajstić information content (AvgIpc) is 3.17. The fourth-order valence-electron chi connectivity index (χ4n) is 4.18. The van der Waals surface area contributed by atoms with Crippen molar-refractivity contribution in [2.75, 3.05) is 13.1 Å². The first-order chi connectivity index (χ1) is 15.3. The summed E-state index contributed by atoms with van der Waals surface area (Å²) in [6.07, 6.45) is -5.17. The Bertz CT molecular complexity index is 1090. The fourth-order valence-corrected chi connectivity index (χ4v) is 4.70. The monoisotopic (exact) mass is 501 g/mol. The number of hydrogen-bond donors (Lipinski definition) is 1. The third kappa shape index (κ3) is 4.19. The lowest BCUT2D eigenvalue weighted by atomic mass is 9.83. The van der Waals surface area contributed by atoms with E-state index >= 15 is 4.39 Å². The molecule has 2 aliphatic rings. The van der Waals surface area contributed by atoms with Crippen LogP contribution < -0.4 is 5.43 Å². The summed E-state index contributed by atoms with van der Waals surface area (Å²) in [6.45, 7) is 3.42. The lowest BCUT2D eigenvalue weighted by Gasteiger charge is -2.45. The van der Waals surface area contributed by atoms with E-state index in [9.17, 15) is 18.0 Å². The van der Waals surface area contributed by atoms with Crippen molar-refractivity contribution in [3.8, 4) is 0 Å². The molecule has 2 heterocycles. The summed E-state index contributed by atoms with van der Waals surface area (Å²) in [5.74, 6) is -0.330. The minimum Gasteiger partial charge on any atom is -0.335 e. The van der Waals surface area contributed by atoms with Gasteiger partial charge in [0.05, 0.1) is 18.8 Å². The Kier molecular flexibility index (Phi) is 5.90. The van der Waals surface area contributed by atoms with Crippen molar-refractivity contribution in [2.24, 2.45) is 11.0 Å². The van der Waals surface area contributed by atoms with Crippen LogP contribution in [0.3, 0.4) is 0 Å². The SMILES string of the molecule is CC(C)C(=O)N1CC(F)(c2ccc(C3=NNC(c4cc(Cl)cc(Cl)c4)(C(F)(F)F)C3)cc2)C1. The Morgan fingerprint density at radius 2 is 1.64 bits per heavy atom. The molecule has 2 aromatic carbocycles. The van der Waals surface area contributed by atoms with E-state index in [0.717, 1.165) is 0 Å². The molecule has 0 aliphatic carbocycles. The second-order valence-electron chi connectivity index (χ2n) is 8.80. The number of benzene rings is 2. The van der Waals surface area contributed by atoms with Crippen molar-refractivity contribution in [1.82, 2.24) is 10.3 Å².